The summed E-state index contributed by atoms with van der Waals surface area (Å²) < 4.78 is 0. The van der Waals surface area contributed by atoms with E-state index in [0.717, 1.165) is 12.8 Å². The molecule has 1 saturated carbocycles. The van der Waals surface area contributed by atoms with Crippen LogP contribution in [0.1, 0.15) is 85.0 Å². The van der Waals surface area contributed by atoms with Crippen molar-refractivity contribution in [3.63, 3.8) is 0 Å². The van der Waals surface area contributed by atoms with Crippen molar-refractivity contribution in [1.82, 2.24) is 0 Å². The Hall–Kier alpha value is -0.670. The average molecular weight is 322 g/mol. The van der Waals surface area contributed by atoms with Gasteiger partial charge >= 0.3 is 0 Å². The summed E-state index contributed by atoms with van der Waals surface area (Å²) in [5.41, 5.74) is -0.437. The molecule has 2 bridgehead atoms. The zero-order chi connectivity index (χ0) is 16.7. The fourth-order valence-corrected chi connectivity index (χ4v) is 3.70. The number of carbonyl (C=O) groups excluding carboxylic acids is 1. The Bertz CT molecular complexity index is 404. The SMILES string of the molecule is CCCCCCCCCC=C[C@]1(C)OO[C@H]2C[C@@H]1CC(=O)[C@H]2C. The van der Waals surface area contributed by atoms with Crippen molar-refractivity contribution < 1.29 is 14.6 Å². The van der Waals surface area contributed by atoms with E-state index in [9.17, 15) is 4.79 Å². The minimum Gasteiger partial charge on any atom is -0.299 e. The first-order valence-electron chi connectivity index (χ1n) is 9.61. The molecular formula is C20H34O3. The van der Waals surface area contributed by atoms with Crippen LogP contribution in [0.3, 0.4) is 0 Å². The number of fused-ring (bicyclic) bond motifs is 2. The van der Waals surface area contributed by atoms with Gasteiger partial charge in [-0.25, -0.2) is 9.78 Å². The van der Waals surface area contributed by atoms with Crippen LogP contribution in [-0.4, -0.2) is 17.5 Å². The van der Waals surface area contributed by atoms with Crippen LogP contribution in [0, 0.1) is 11.8 Å². The van der Waals surface area contributed by atoms with E-state index in [-0.39, 0.29) is 17.9 Å². The lowest BCUT2D eigenvalue weighted by atomic mass is 9.71. The molecule has 3 nitrogen and oxygen atoms in total. The van der Waals surface area contributed by atoms with Crippen molar-refractivity contribution in [2.45, 2.75) is 96.7 Å². The molecule has 2 fully saturated rings. The minimum atomic E-state index is -0.437. The number of allylic oxidation sites excluding steroid dienone is 1. The molecule has 1 heterocycles. The smallest absolute Gasteiger partial charge is 0.138 e. The monoisotopic (exact) mass is 322 g/mol. The number of rotatable bonds is 9. The van der Waals surface area contributed by atoms with E-state index >= 15 is 0 Å². The molecule has 0 aromatic rings. The lowest BCUT2D eigenvalue weighted by Crippen LogP contribution is -2.52. The summed E-state index contributed by atoms with van der Waals surface area (Å²) in [7, 11) is 0. The molecule has 23 heavy (non-hydrogen) atoms. The van der Waals surface area contributed by atoms with E-state index in [1.165, 1.54) is 44.9 Å². The van der Waals surface area contributed by atoms with E-state index in [0.29, 0.717) is 12.2 Å². The van der Waals surface area contributed by atoms with Gasteiger partial charge in [-0.1, -0.05) is 64.5 Å². The van der Waals surface area contributed by atoms with Crippen molar-refractivity contribution in [3.05, 3.63) is 12.2 Å². The van der Waals surface area contributed by atoms with Gasteiger partial charge in [0.25, 0.3) is 0 Å². The van der Waals surface area contributed by atoms with Crippen molar-refractivity contribution >= 4 is 5.78 Å². The van der Waals surface area contributed by atoms with Gasteiger partial charge in [0.1, 0.15) is 17.5 Å². The first-order chi connectivity index (χ1) is 11.1. The highest BCUT2D eigenvalue weighted by Crippen LogP contribution is 2.42. The lowest BCUT2D eigenvalue weighted by Gasteiger charge is -2.45. The predicted molar refractivity (Wildman–Crippen MR) is 93.0 cm³/mol. The maximum Gasteiger partial charge on any atom is 0.138 e. The van der Waals surface area contributed by atoms with Crippen LogP contribution < -0.4 is 0 Å². The summed E-state index contributed by atoms with van der Waals surface area (Å²) in [6.45, 7) is 6.26. The molecule has 2 rings (SSSR count). The highest BCUT2D eigenvalue weighted by Gasteiger charge is 2.48. The summed E-state index contributed by atoms with van der Waals surface area (Å²) >= 11 is 0. The Morgan fingerprint density at radius 3 is 2.61 bits per heavy atom. The average Bonchev–Trinajstić information content (AvgIpc) is 2.54. The largest absolute Gasteiger partial charge is 0.299 e. The van der Waals surface area contributed by atoms with Crippen LogP contribution in [0.5, 0.6) is 0 Å². The van der Waals surface area contributed by atoms with Gasteiger partial charge in [0.05, 0.1) is 0 Å². The van der Waals surface area contributed by atoms with Gasteiger partial charge < -0.3 is 0 Å². The number of unbranched alkanes of at least 4 members (excludes halogenated alkanes) is 7. The van der Waals surface area contributed by atoms with Gasteiger partial charge in [0.2, 0.25) is 0 Å². The number of Topliss-reactive ketones (excluding diaryl/α,β-unsaturated/α-hetero) is 1. The van der Waals surface area contributed by atoms with Crippen LogP contribution >= 0.6 is 0 Å². The number of carbonyl (C=O) groups is 1. The van der Waals surface area contributed by atoms with Crippen molar-refractivity contribution in [1.29, 1.82) is 0 Å². The second kappa shape index (κ2) is 8.98. The fraction of sp³-hybridized carbons (Fsp3) is 0.850. The van der Waals surface area contributed by atoms with Gasteiger partial charge in [-0.05, 0) is 26.2 Å². The molecule has 0 radical (unpaired) electrons. The summed E-state index contributed by atoms with van der Waals surface area (Å²) in [6.07, 6.45) is 16.3. The highest BCUT2D eigenvalue weighted by molar-refractivity contribution is 5.82. The normalized spacial score (nSPS) is 34.2. The molecule has 0 amide bonds. The molecular weight excluding hydrogens is 288 g/mol. The Morgan fingerprint density at radius 2 is 1.87 bits per heavy atom. The van der Waals surface area contributed by atoms with Crippen LogP contribution in [0.25, 0.3) is 0 Å². The van der Waals surface area contributed by atoms with Gasteiger partial charge in [0.15, 0.2) is 0 Å². The van der Waals surface area contributed by atoms with E-state index < -0.39 is 5.60 Å². The van der Waals surface area contributed by atoms with Gasteiger partial charge in [-0.3, -0.25) is 4.79 Å². The molecule has 2 aliphatic rings. The molecule has 1 aliphatic heterocycles. The molecule has 1 saturated heterocycles. The van der Waals surface area contributed by atoms with Crippen molar-refractivity contribution in [2.24, 2.45) is 11.8 Å². The van der Waals surface area contributed by atoms with Crippen LogP contribution in [0.15, 0.2) is 12.2 Å². The zero-order valence-electron chi connectivity index (χ0n) is 15.2. The fourth-order valence-electron chi connectivity index (χ4n) is 3.70. The standard InChI is InChI=1S/C20H34O3/c1-4-5-6-7-8-9-10-11-12-13-20(3)17-14-18(21)16(2)19(15-17)22-23-20/h12-13,16-17,19H,4-11,14-15H2,1-3H3/t16-,17+,19+,20+/m1/s1. The van der Waals surface area contributed by atoms with Crippen molar-refractivity contribution in [2.75, 3.05) is 0 Å². The molecule has 0 spiro atoms. The second-order valence-electron chi connectivity index (χ2n) is 7.61. The third kappa shape index (κ3) is 5.15. The molecule has 132 valence electrons. The lowest BCUT2D eigenvalue weighted by molar-refractivity contribution is -0.415. The third-order valence-electron chi connectivity index (χ3n) is 5.61. The molecule has 1 aliphatic carbocycles. The first kappa shape index (κ1) is 18.7. The Balaban J connectivity index is 1.69. The predicted octanol–water partition coefficient (Wildman–Crippen LogP) is 5.39. The van der Waals surface area contributed by atoms with Crippen LogP contribution in [-0.2, 0) is 14.6 Å². The topological polar surface area (TPSA) is 35.5 Å². The molecule has 3 heteroatoms. The summed E-state index contributed by atoms with van der Waals surface area (Å²) in [5.74, 6) is 0.559. The molecule has 0 N–H and O–H groups in total. The molecule has 0 aromatic carbocycles. The minimum absolute atomic E-state index is 0.0208. The summed E-state index contributed by atoms with van der Waals surface area (Å²) in [4.78, 5) is 23.3. The van der Waals surface area contributed by atoms with Crippen LogP contribution in [0.2, 0.25) is 0 Å². The zero-order valence-corrected chi connectivity index (χ0v) is 15.2. The quantitative estimate of drug-likeness (QED) is 0.324. The Kier molecular flexibility index (Phi) is 7.29. The summed E-state index contributed by atoms with van der Waals surface area (Å²) in [6, 6.07) is 0. The van der Waals surface area contributed by atoms with E-state index in [1.54, 1.807) is 0 Å². The highest BCUT2D eigenvalue weighted by atomic mass is 17.2. The van der Waals surface area contributed by atoms with Crippen molar-refractivity contribution in [3.8, 4) is 0 Å². The Labute approximate surface area is 141 Å². The second-order valence-corrected chi connectivity index (χ2v) is 7.61. The van der Waals surface area contributed by atoms with E-state index in [4.69, 9.17) is 9.78 Å². The molecule has 4 atom stereocenters. The van der Waals surface area contributed by atoms with E-state index in [2.05, 4.69) is 26.0 Å². The van der Waals surface area contributed by atoms with Crippen LogP contribution in [0.4, 0.5) is 0 Å². The maximum absolute atomic E-state index is 12.1. The molecule has 0 aromatic heterocycles. The number of hydrogen-bond acceptors (Lipinski definition) is 3. The first-order valence-corrected chi connectivity index (χ1v) is 9.61. The van der Waals surface area contributed by atoms with Gasteiger partial charge in [0, 0.05) is 18.3 Å². The van der Waals surface area contributed by atoms with Gasteiger partial charge in [-0.15, -0.1) is 0 Å². The third-order valence-corrected chi connectivity index (χ3v) is 5.61. The Morgan fingerprint density at radius 1 is 1.17 bits per heavy atom. The summed E-state index contributed by atoms with van der Waals surface area (Å²) in [5, 5.41) is 0. The number of ketones is 1. The maximum atomic E-state index is 12.1. The van der Waals surface area contributed by atoms with Gasteiger partial charge in [-0.2, -0.15) is 0 Å². The number of hydrogen-bond donors (Lipinski definition) is 0. The molecule has 0 unspecified atom stereocenters. The van der Waals surface area contributed by atoms with E-state index in [1.807, 2.05) is 6.92 Å².